The summed E-state index contributed by atoms with van der Waals surface area (Å²) in [7, 11) is 0. The summed E-state index contributed by atoms with van der Waals surface area (Å²) in [5.74, 6) is -1.82. The Balaban J connectivity index is 2.33. The summed E-state index contributed by atoms with van der Waals surface area (Å²) in [6, 6.07) is 2.79. The Morgan fingerprint density at radius 2 is 2.00 bits per heavy atom. The second kappa shape index (κ2) is 3.92. The van der Waals surface area contributed by atoms with Gasteiger partial charge >= 0.3 is 6.03 Å². The molecule has 1 aromatic carbocycles. The van der Waals surface area contributed by atoms with E-state index in [9.17, 15) is 13.6 Å². The van der Waals surface area contributed by atoms with Crippen molar-refractivity contribution in [1.82, 2.24) is 10.6 Å². The van der Waals surface area contributed by atoms with Crippen molar-refractivity contribution < 1.29 is 13.6 Å². The molecule has 0 aromatic heterocycles. The van der Waals surface area contributed by atoms with Gasteiger partial charge in [0.05, 0.1) is 6.04 Å². The van der Waals surface area contributed by atoms with E-state index < -0.39 is 17.7 Å². The maximum atomic E-state index is 13.0. The van der Waals surface area contributed by atoms with Gasteiger partial charge < -0.3 is 10.6 Å². The van der Waals surface area contributed by atoms with Gasteiger partial charge in [-0.1, -0.05) is 6.07 Å². The molecule has 84 valence electrons. The molecule has 2 rings (SSSR count). The molecular weight excluding hydrogens is 214 g/mol. The number of nitrogens with one attached hydrogen (secondary N) is 2. The van der Waals surface area contributed by atoms with Crippen molar-refractivity contribution in [3.63, 3.8) is 0 Å². The lowest BCUT2D eigenvalue weighted by molar-refractivity contribution is 0.239. The van der Waals surface area contributed by atoms with Crippen molar-refractivity contribution in [1.29, 1.82) is 0 Å². The molecule has 0 saturated carbocycles. The number of allylic oxidation sites excluding steroid dienone is 1. The fourth-order valence-electron chi connectivity index (χ4n) is 1.58. The Morgan fingerprint density at radius 3 is 2.62 bits per heavy atom. The van der Waals surface area contributed by atoms with E-state index in [1.807, 2.05) is 0 Å². The number of hydrogen-bond acceptors (Lipinski definition) is 1. The number of urea groups is 1. The summed E-state index contributed by atoms with van der Waals surface area (Å²) in [5, 5.41) is 5.14. The SMILES string of the molecule is CC1=C[C@@H](c2ccc(F)c(F)c2)NC(=O)N1. The number of rotatable bonds is 1. The quantitative estimate of drug-likeness (QED) is 0.754. The van der Waals surface area contributed by atoms with Gasteiger partial charge in [-0.15, -0.1) is 0 Å². The lowest BCUT2D eigenvalue weighted by Gasteiger charge is -2.22. The molecule has 0 saturated heterocycles. The Bertz CT molecular complexity index is 471. The summed E-state index contributed by atoms with van der Waals surface area (Å²) in [6.45, 7) is 1.73. The average molecular weight is 224 g/mol. The molecule has 2 N–H and O–H groups in total. The first-order valence-corrected chi connectivity index (χ1v) is 4.77. The molecule has 1 aromatic rings. The van der Waals surface area contributed by atoms with Crippen molar-refractivity contribution in [3.05, 3.63) is 47.2 Å². The molecule has 0 radical (unpaired) electrons. The molecule has 1 heterocycles. The maximum Gasteiger partial charge on any atom is 0.319 e. The zero-order valence-electron chi connectivity index (χ0n) is 8.55. The Kier molecular flexibility index (Phi) is 2.60. The van der Waals surface area contributed by atoms with Crippen molar-refractivity contribution in [3.8, 4) is 0 Å². The summed E-state index contributed by atoms with van der Waals surface area (Å²) in [4.78, 5) is 11.2. The van der Waals surface area contributed by atoms with Gasteiger partial charge in [-0.3, -0.25) is 0 Å². The lowest BCUT2D eigenvalue weighted by Crippen LogP contribution is -2.40. The molecule has 16 heavy (non-hydrogen) atoms. The highest BCUT2D eigenvalue weighted by atomic mass is 19.2. The van der Waals surface area contributed by atoms with Crippen LogP contribution in [0.1, 0.15) is 18.5 Å². The normalized spacial score (nSPS) is 19.8. The predicted octanol–water partition coefficient (Wildman–Crippen LogP) is 2.22. The van der Waals surface area contributed by atoms with Crippen molar-refractivity contribution >= 4 is 6.03 Å². The Labute approximate surface area is 91.2 Å². The third kappa shape index (κ3) is 2.03. The molecule has 3 nitrogen and oxygen atoms in total. The van der Waals surface area contributed by atoms with Crippen LogP contribution in [0.3, 0.4) is 0 Å². The minimum atomic E-state index is -0.920. The van der Waals surface area contributed by atoms with Crippen LogP contribution in [0.4, 0.5) is 13.6 Å². The van der Waals surface area contributed by atoms with E-state index in [1.165, 1.54) is 6.07 Å². The van der Waals surface area contributed by atoms with Gasteiger partial charge in [0.1, 0.15) is 0 Å². The van der Waals surface area contributed by atoms with Gasteiger partial charge in [0.2, 0.25) is 0 Å². The zero-order chi connectivity index (χ0) is 11.7. The van der Waals surface area contributed by atoms with E-state index in [1.54, 1.807) is 13.0 Å². The number of halogens is 2. The summed E-state index contributed by atoms with van der Waals surface area (Å²) < 4.78 is 25.7. The van der Waals surface area contributed by atoms with E-state index in [0.717, 1.165) is 12.1 Å². The second-order valence-corrected chi connectivity index (χ2v) is 3.60. The van der Waals surface area contributed by atoms with Crippen molar-refractivity contribution in [2.75, 3.05) is 0 Å². The van der Waals surface area contributed by atoms with Crippen LogP contribution in [-0.2, 0) is 0 Å². The molecule has 0 fully saturated rings. The predicted molar refractivity (Wildman–Crippen MR) is 54.5 cm³/mol. The van der Waals surface area contributed by atoms with Crippen LogP contribution in [-0.4, -0.2) is 6.03 Å². The minimum Gasteiger partial charge on any atom is -0.327 e. The van der Waals surface area contributed by atoms with Crippen molar-refractivity contribution in [2.24, 2.45) is 0 Å². The summed E-state index contributed by atoms with van der Waals surface area (Å²) in [5.41, 5.74) is 1.19. The van der Waals surface area contributed by atoms with E-state index in [4.69, 9.17) is 0 Å². The van der Waals surface area contributed by atoms with Crippen LogP contribution in [0.2, 0.25) is 0 Å². The van der Waals surface area contributed by atoms with E-state index in [-0.39, 0.29) is 6.03 Å². The number of benzene rings is 1. The standard InChI is InChI=1S/C11H10F2N2O/c1-6-4-10(15-11(16)14-6)7-2-3-8(12)9(13)5-7/h2-5,10H,1H3,(H2,14,15,16)/t10-/m0/s1. The molecular formula is C11H10F2N2O. The molecule has 5 heteroatoms. The highest BCUT2D eigenvalue weighted by Crippen LogP contribution is 2.20. The van der Waals surface area contributed by atoms with Gasteiger partial charge in [-0.05, 0) is 30.7 Å². The first-order chi connectivity index (χ1) is 7.56. The lowest BCUT2D eigenvalue weighted by atomic mass is 10.0. The number of amides is 2. The number of hydrogen-bond donors (Lipinski definition) is 2. The summed E-state index contributed by atoms with van der Waals surface area (Å²) in [6.07, 6.45) is 1.73. The van der Waals surface area contributed by atoms with Gasteiger partial charge in [0, 0.05) is 5.70 Å². The molecule has 1 atom stereocenters. The van der Waals surface area contributed by atoms with Crippen LogP contribution in [0.25, 0.3) is 0 Å². The monoisotopic (exact) mass is 224 g/mol. The average Bonchev–Trinajstić information content (AvgIpc) is 2.20. The van der Waals surface area contributed by atoms with Crippen molar-refractivity contribution in [2.45, 2.75) is 13.0 Å². The Hall–Kier alpha value is -1.91. The van der Waals surface area contributed by atoms with E-state index >= 15 is 0 Å². The highest BCUT2D eigenvalue weighted by Gasteiger charge is 2.18. The van der Waals surface area contributed by atoms with E-state index in [0.29, 0.717) is 11.3 Å². The molecule has 1 aliphatic heterocycles. The third-order valence-corrected chi connectivity index (χ3v) is 2.32. The smallest absolute Gasteiger partial charge is 0.319 e. The zero-order valence-corrected chi connectivity index (χ0v) is 8.55. The van der Waals surface area contributed by atoms with Gasteiger partial charge in [0.25, 0.3) is 0 Å². The maximum absolute atomic E-state index is 13.0. The van der Waals surface area contributed by atoms with Gasteiger partial charge in [-0.2, -0.15) is 0 Å². The van der Waals surface area contributed by atoms with Crippen LogP contribution in [0.5, 0.6) is 0 Å². The van der Waals surface area contributed by atoms with Gasteiger partial charge in [0.15, 0.2) is 11.6 Å². The fraction of sp³-hybridized carbons (Fsp3) is 0.182. The van der Waals surface area contributed by atoms with E-state index in [2.05, 4.69) is 10.6 Å². The largest absolute Gasteiger partial charge is 0.327 e. The third-order valence-electron chi connectivity index (χ3n) is 2.32. The minimum absolute atomic E-state index is 0.352. The second-order valence-electron chi connectivity index (χ2n) is 3.60. The number of carbonyl (C=O) groups excluding carboxylic acids is 1. The van der Waals surface area contributed by atoms with Crippen LogP contribution < -0.4 is 10.6 Å². The highest BCUT2D eigenvalue weighted by molar-refractivity contribution is 5.78. The molecule has 0 spiro atoms. The topological polar surface area (TPSA) is 41.1 Å². The van der Waals surface area contributed by atoms with Crippen LogP contribution in [0.15, 0.2) is 30.0 Å². The molecule has 1 aliphatic rings. The van der Waals surface area contributed by atoms with Gasteiger partial charge in [-0.25, -0.2) is 13.6 Å². The molecule has 2 amide bonds. The molecule has 0 aliphatic carbocycles. The number of carbonyl (C=O) groups is 1. The summed E-state index contributed by atoms with van der Waals surface area (Å²) >= 11 is 0. The molecule has 0 bridgehead atoms. The van der Waals surface area contributed by atoms with Crippen LogP contribution in [0, 0.1) is 11.6 Å². The van der Waals surface area contributed by atoms with Crippen LogP contribution >= 0.6 is 0 Å². The Morgan fingerprint density at radius 1 is 1.25 bits per heavy atom. The first-order valence-electron chi connectivity index (χ1n) is 4.77. The fourth-order valence-corrected chi connectivity index (χ4v) is 1.58. The molecule has 0 unspecified atom stereocenters. The first kappa shape index (κ1) is 10.6.